The summed E-state index contributed by atoms with van der Waals surface area (Å²) in [4.78, 5) is 32.4. The Morgan fingerprint density at radius 1 is 1.50 bits per heavy atom. The van der Waals surface area contributed by atoms with E-state index < -0.39 is 0 Å². The van der Waals surface area contributed by atoms with Crippen LogP contribution in [0.25, 0.3) is 0 Å². The smallest absolute Gasteiger partial charge is 0.325 e. The van der Waals surface area contributed by atoms with Crippen molar-refractivity contribution in [3.63, 3.8) is 0 Å². The van der Waals surface area contributed by atoms with Gasteiger partial charge in [0.2, 0.25) is 0 Å². The van der Waals surface area contributed by atoms with Gasteiger partial charge in [-0.2, -0.15) is 0 Å². The van der Waals surface area contributed by atoms with Gasteiger partial charge >= 0.3 is 5.97 Å². The molecule has 1 saturated carbocycles. The third kappa shape index (κ3) is 3.82. The number of esters is 1. The molecule has 6 nitrogen and oxygen atoms in total. The molecule has 1 aromatic rings. The average molecular weight is 279 g/mol. The van der Waals surface area contributed by atoms with Crippen molar-refractivity contribution in [1.29, 1.82) is 0 Å². The van der Waals surface area contributed by atoms with Gasteiger partial charge in [-0.25, -0.2) is 4.98 Å². The number of ether oxygens (including phenoxy) is 1. The maximum Gasteiger partial charge on any atom is 0.325 e. The molecule has 6 heteroatoms. The number of nitrogens with zero attached hydrogens (tertiary/aromatic N) is 2. The van der Waals surface area contributed by atoms with Crippen molar-refractivity contribution in [2.24, 2.45) is 0 Å². The first-order valence-electron chi connectivity index (χ1n) is 7.15. The molecule has 1 N–H and O–H groups in total. The molecule has 0 radical (unpaired) electrons. The molecule has 0 atom stereocenters. The van der Waals surface area contributed by atoms with Gasteiger partial charge in [0.25, 0.3) is 5.56 Å². The summed E-state index contributed by atoms with van der Waals surface area (Å²) in [5.74, 6) is 1.37. The summed E-state index contributed by atoms with van der Waals surface area (Å²) < 4.78 is 4.97. The van der Waals surface area contributed by atoms with Crippen LogP contribution >= 0.6 is 0 Å². The number of carbonyl (C=O) groups is 1. The molecule has 110 valence electrons. The van der Waals surface area contributed by atoms with Crippen LogP contribution in [0.3, 0.4) is 0 Å². The predicted molar refractivity (Wildman–Crippen MR) is 76.0 cm³/mol. The Hall–Kier alpha value is -1.85. The number of rotatable bonds is 7. The Bertz CT molecular complexity index is 523. The molecule has 1 heterocycles. The Kier molecular flexibility index (Phi) is 4.76. The van der Waals surface area contributed by atoms with E-state index in [1.165, 1.54) is 6.07 Å². The normalized spacial score (nSPS) is 14.1. The van der Waals surface area contributed by atoms with Gasteiger partial charge in [-0.3, -0.25) is 9.59 Å². The Morgan fingerprint density at radius 2 is 2.25 bits per heavy atom. The highest BCUT2D eigenvalue weighted by atomic mass is 16.5. The number of hydrogen-bond acceptors (Lipinski definition) is 5. The van der Waals surface area contributed by atoms with E-state index in [-0.39, 0.29) is 18.1 Å². The minimum absolute atomic E-state index is 0.127. The first kappa shape index (κ1) is 14.6. The van der Waals surface area contributed by atoms with E-state index in [2.05, 4.69) is 9.97 Å². The van der Waals surface area contributed by atoms with Crippen LogP contribution in [0.2, 0.25) is 0 Å². The minimum Gasteiger partial charge on any atom is -0.465 e. The highest BCUT2D eigenvalue weighted by Gasteiger charge is 2.27. The van der Waals surface area contributed by atoms with Gasteiger partial charge in [0, 0.05) is 18.5 Å². The van der Waals surface area contributed by atoms with E-state index in [1.54, 1.807) is 11.8 Å². The first-order chi connectivity index (χ1) is 9.63. The quantitative estimate of drug-likeness (QED) is 0.764. The fraction of sp³-hybridized carbons (Fsp3) is 0.643. The van der Waals surface area contributed by atoms with E-state index in [1.807, 2.05) is 6.92 Å². The number of hydrogen-bond donors (Lipinski definition) is 1. The van der Waals surface area contributed by atoms with Gasteiger partial charge in [-0.1, -0.05) is 6.92 Å². The number of H-pyrrole nitrogens is 1. The molecule has 20 heavy (non-hydrogen) atoms. The van der Waals surface area contributed by atoms with Crippen LogP contribution in [-0.4, -0.2) is 35.6 Å². The fourth-order valence-electron chi connectivity index (χ4n) is 2.08. The van der Waals surface area contributed by atoms with Crippen molar-refractivity contribution < 1.29 is 9.53 Å². The van der Waals surface area contributed by atoms with Gasteiger partial charge in [0.1, 0.15) is 18.2 Å². The number of aromatic amines is 1. The third-order valence-electron chi connectivity index (χ3n) is 3.15. The second kappa shape index (κ2) is 6.54. The van der Waals surface area contributed by atoms with Crippen LogP contribution in [0.4, 0.5) is 5.82 Å². The van der Waals surface area contributed by atoms with Crippen LogP contribution < -0.4 is 10.5 Å². The van der Waals surface area contributed by atoms with Gasteiger partial charge in [-0.15, -0.1) is 0 Å². The van der Waals surface area contributed by atoms with Crippen molar-refractivity contribution in [2.75, 3.05) is 24.6 Å². The molecular formula is C14H21N3O3. The summed E-state index contributed by atoms with van der Waals surface area (Å²) in [7, 11) is 0. The predicted octanol–water partition coefficient (Wildman–Crippen LogP) is 1.43. The second-order valence-electron chi connectivity index (χ2n) is 4.99. The number of nitrogens with one attached hydrogen (secondary N) is 1. The van der Waals surface area contributed by atoms with E-state index in [4.69, 9.17) is 4.74 Å². The monoisotopic (exact) mass is 279 g/mol. The summed E-state index contributed by atoms with van der Waals surface area (Å²) in [6.07, 6.45) is 3.00. The summed E-state index contributed by atoms with van der Waals surface area (Å²) in [6, 6.07) is 1.45. The lowest BCUT2D eigenvalue weighted by atomic mass is 10.3. The topological polar surface area (TPSA) is 75.3 Å². The molecule has 0 aromatic carbocycles. The number of carbonyl (C=O) groups excluding carboxylic acids is 1. The van der Waals surface area contributed by atoms with Gasteiger partial charge in [0.15, 0.2) is 0 Å². The maximum absolute atomic E-state index is 11.7. The van der Waals surface area contributed by atoms with Crippen molar-refractivity contribution in [3.8, 4) is 0 Å². The van der Waals surface area contributed by atoms with Gasteiger partial charge in [0.05, 0.1) is 6.61 Å². The summed E-state index contributed by atoms with van der Waals surface area (Å²) >= 11 is 0. The van der Waals surface area contributed by atoms with E-state index in [9.17, 15) is 9.59 Å². The first-order valence-corrected chi connectivity index (χ1v) is 7.15. The number of anilines is 1. The molecule has 1 aliphatic rings. The van der Waals surface area contributed by atoms with E-state index in [0.29, 0.717) is 24.9 Å². The van der Waals surface area contributed by atoms with Crippen molar-refractivity contribution in [2.45, 2.75) is 39.0 Å². The molecule has 0 saturated heterocycles. The SMILES string of the molecule is CCCN(CC(=O)OCC)c1cc(=O)[nH]c(C2CC2)n1. The molecule has 0 spiro atoms. The highest BCUT2D eigenvalue weighted by Crippen LogP contribution is 2.37. The molecule has 1 fully saturated rings. The van der Waals surface area contributed by atoms with Gasteiger partial charge < -0.3 is 14.6 Å². The average Bonchev–Trinajstić information content (AvgIpc) is 3.22. The molecule has 0 amide bonds. The van der Waals surface area contributed by atoms with Crippen LogP contribution in [0.15, 0.2) is 10.9 Å². The summed E-state index contributed by atoms with van der Waals surface area (Å²) in [5, 5.41) is 0. The summed E-state index contributed by atoms with van der Waals surface area (Å²) in [6.45, 7) is 4.95. The number of aromatic nitrogens is 2. The zero-order valence-electron chi connectivity index (χ0n) is 12.0. The van der Waals surface area contributed by atoms with Crippen LogP contribution in [0.1, 0.15) is 44.9 Å². The highest BCUT2D eigenvalue weighted by molar-refractivity contribution is 5.75. The zero-order valence-corrected chi connectivity index (χ0v) is 12.0. The Labute approximate surface area is 118 Å². The van der Waals surface area contributed by atoms with Crippen molar-refractivity contribution in [3.05, 3.63) is 22.2 Å². The largest absolute Gasteiger partial charge is 0.465 e. The van der Waals surface area contributed by atoms with Crippen LogP contribution in [0.5, 0.6) is 0 Å². The van der Waals surface area contributed by atoms with Crippen LogP contribution in [0, 0.1) is 0 Å². The van der Waals surface area contributed by atoms with Gasteiger partial charge in [-0.05, 0) is 26.2 Å². The zero-order chi connectivity index (χ0) is 14.5. The van der Waals surface area contributed by atoms with E-state index >= 15 is 0 Å². The minimum atomic E-state index is -0.295. The van der Waals surface area contributed by atoms with Crippen molar-refractivity contribution >= 4 is 11.8 Å². The second-order valence-corrected chi connectivity index (χ2v) is 4.99. The lowest BCUT2D eigenvalue weighted by molar-refractivity contribution is -0.141. The van der Waals surface area contributed by atoms with E-state index in [0.717, 1.165) is 25.1 Å². The Morgan fingerprint density at radius 3 is 2.85 bits per heavy atom. The molecule has 1 aliphatic carbocycles. The molecule has 0 bridgehead atoms. The molecular weight excluding hydrogens is 258 g/mol. The summed E-state index contributed by atoms with van der Waals surface area (Å²) in [5.41, 5.74) is -0.165. The fourth-order valence-corrected chi connectivity index (χ4v) is 2.08. The lowest BCUT2D eigenvalue weighted by Gasteiger charge is -2.22. The molecule has 1 aromatic heterocycles. The van der Waals surface area contributed by atoms with Crippen LogP contribution in [-0.2, 0) is 9.53 Å². The van der Waals surface area contributed by atoms with Crippen molar-refractivity contribution in [1.82, 2.24) is 9.97 Å². The lowest BCUT2D eigenvalue weighted by Crippen LogP contribution is -2.33. The maximum atomic E-state index is 11.7. The molecule has 0 unspecified atom stereocenters. The third-order valence-corrected chi connectivity index (χ3v) is 3.15. The molecule has 0 aliphatic heterocycles. The Balaban J connectivity index is 2.19. The standard InChI is InChI=1S/C14H21N3O3/c1-3-7-17(9-13(19)20-4-2)11-8-12(18)16-14(15-11)10-5-6-10/h8,10H,3-7,9H2,1-2H3,(H,15,16,18). The molecule has 2 rings (SSSR count).